The van der Waals surface area contributed by atoms with E-state index in [-0.39, 0.29) is 11.5 Å². The standard InChI is InChI=1S/C28H33N3O4/c1-19-13-20(2)15-22(14-19)18-30-10-9-24-27(25(35-4)16-26(32)31(24)12-11-30)28(33)29-17-21-5-7-23(34-3)8-6-21/h5-8,13-16H,9-12,17-18H2,1-4H3,(H,29,33). The van der Waals surface area contributed by atoms with Crippen molar-refractivity contribution in [3.8, 4) is 11.5 Å². The predicted molar refractivity (Wildman–Crippen MR) is 136 cm³/mol. The molecule has 0 fully saturated rings. The topological polar surface area (TPSA) is 72.8 Å². The SMILES string of the molecule is COc1ccc(CNC(=O)c2c(OC)cc(=O)n3c2CCN(Cc2cc(C)cc(C)c2)CC3)cc1. The first kappa shape index (κ1) is 24.5. The number of aromatic nitrogens is 1. The number of hydrogen-bond donors (Lipinski definition) is 1. The molecule has 0 spiro atoms. The fraction of sp³-hybridized carbons (Fsp3) is 0.357. The maximum absolute atomic E-state index is 13.3. The quantitative estimate of drug-likeness (QED) is 0.567. The van der Waals surface area contributed by atoms with Gasteiger partial charge in [-0.15, -0.1) is 0 Å². The number of hydrogen-bond acceptors (Lipinski definition) is 5. The van der Waals surface area contributed by atoms with E-state index in [4.69, 9.17) is 9.47 Å². The number of nitrogens with one attached hydrogen (secondary N) is 1. The highest BCUT2D eigenvalue weighted by Crippen LogP contribution is 2.24. The Bertz CT molecular complexity index is 1240. The van der Waals surface area contributed by atoms with Crippen molar-refractivity contribution in [2.24, 2.45) is 0 Å². The van der Waals surface area contributed by atoms with Gasteiger partial charge in [0.2, 0.25) is 0 Å². The van der Waals surface area contributed by atoms with E-state index in [1.54, 1.807) is 11.7 Å². The zero-order valence-electron chi connectivity index (χ0n) is 20.9. The summed E-state index contributed by atoms with van der Waals surface area (Å²) in [5.41, 5.74) is 5.73. The molecule has 0 radical (unpaired) electrons. The number of methoxy groups -OCH3 is 2. The number of carbonyl (C=O) groups is 1. The Morgan fingerprint density at radius 2 is 1.63 bits per heavy atom. The molecule has 0 unspecified atom stereocenters. The lowest BCUT2D eigenvalue weighted by Crippen LogP contribution is -2.31. The van der Waals surface area contributed by atoms with Crippen molar-refractivity contribution in [1.29, 1.82) is 0 Å². The first-order chi connectivity index (χ1) is 16.9. The third-order valence-corrected chi connectivity index (χ3v) is 6.43. The van der Waals surface area contributed by atoms with Crippen LogP contribution in [0.15, 0.2) is 53.3 Å². The molecule has 35 heavy (non-hydrogen) atoms. The van der Waals surface area contributed by atoms with Gasteiger partial charge in [0.15, 0.2) is 0 Å². The summed E-state index contributed by atoms with van der Waals surface area (Å²) in [4.78, 5) is 28.5. The smallest absolute Gasteiger partial charge is 0.257 e. The van der Waals surface area contributed by atoms with Gasteiger partial charge in [0.1, 0.15) is 17.1 Å². The Balaban J connectivity index is 1.55. The lowest BCUT2D eigenvalue weighted by Gasteiger charge is -2.20. The van der Waals surface area contributed by atoms with Crippen LogP contribution >= 0.6 is 0 Å². The molecule has 7 heteroatoms. The second-order valence-electron chi connectivity index (χ2n) is 9.08. The van der Waals surface area contributed by atoms with Crippen molar-refractivity contribution >= 4 is 5.91 Å². The van der Waals surface area contributed by atoms with Crippen molar-refractivity contribution in [3.05, 3.63) is 92.4 Å². The molecule has 2 aromatic carbocycles. The van der Waals surface area contributed by atoms with Crippen LogP contribution in [0.5, 0.6) is 11.5 Å². The van der Waals surface area contributed by atoms with E-state index in [1.165, 1.54) is 29.9 Å². The van der Waals surface area contributed by atoms with E-state index in [0.29, 0.717) is 30.8 Å². The molecule has 0 aliphatic carbocycles. The van der Waals surface area contributed by atoms with Gasteiger partial charge in [-0.2, -0.15) is 0 Å². The fourth-order valence-corrected chi connectivity index (χ4v) is 4.79. The summed E-state index contributed by atoms with van der Waals surface area (Å²) in [6.45, 7) is 7.40. The van der Waals surface area contributed by atoms with Crippen molar-refractivity contribution in [2.45, 2.75) is 39.9 Å². The van der Waals surface area contributed by atoms with Crippen LogP contribution in [-0.2, 0) is 26.1 Å². The Morgan fingerprint density at radius 3 is 2.29 bits per heavy atom. The number of ether oxygens (including phenoxy) is 2. The molecule has 0 saturated heterocycles. The Hall–Kier alpha value is -3.58. The molecule has 184 valence electrons. The van der Waals surface area contributed by atoms with Gasteiger partial charge in [-0.05, 0) is 37.1 Å². The Morgan fingerprint density at radius 1 is 0.914 bits per heavy atom. The Kier molecular flexibility index (Phi) is 7.56. The van der Waals surface area contributed by atoms with Gasteiger partial charge in [-0.25, -0.2) is 0 Å². The monoisotopic (exact) mass is 475 g/mol. The number of rotatable bonds is 7. The number of amides is 1. The number of nitrogens with zero attached hydrogens (tertiary/aromatic N) is 2. The summed E-state index contributed by atoms with van der Waals surface area (Å²) in [6.07, 6.45) is 0.586. The zero-order valence-corrected chi connectivity index (χ0v) is 20.9. The summed E-state index contributed by atoms with van der Waals surface area (Å²) in [5.74, 6) is 0.834. The molecule has 1 aliphatic heterocycles. The molecule has 3 aromatic rings. The van der Waals surface area contributed by atoms with Gasteiger partial charge < -0.3 is 19.4 Å². The van der Waals surface area contributed by atoms with E-state index >= 15 is 0 Å². The summed E-state index contributed by atoms with van der Waals surface area (Å²) in [5, 5.41) is 2.99. The van der Waals surface area contributed by atoms with Crippen LogP contribution in [0.1, 0.15) is 38.3 Å². The molecule has 1 aliphatic rings. The summed E-state index contributed by atoms with van der Waals surface area (Å²) < 4.78 is 12.4. The van der Waals surface area contributed by atoms with Crippen LogP contribution in [0.4, 0.5) is 0 Å². The summed E-state index contributed by atoms with van der Waals surface area (Å²) in [6, 6.07) is 15.6. The molecule has 1 N–H and O–H groups in total. The fourth-order valence-electron chi connectivity index (χ4n) is 4.79. The predicted octanol–water partition coefficient (Wildman–Crippen LogP) is 3.47. The number of aryl methyl sites for hydroxylation is 2. The molecule has 0 saturated carbocycles. The Labute approximate surface area is 206 Å². The van der Waals surface area contributed by atoms with E-state index in [1.807, 2.05) is 24.3 Å². The summed E-state index contributed by atoms with van der Waals surface area (Å²) >= 11 is 0. The van der Waals surface area contributed by atoms with Crippen LogP contribution in [0.25, 0.3) is 0 Å². The van der Waals surface area contributed by atoms with E-state index in [9.17, 15) is 9.59 Å². The molecular formula is C28H33N3O4. The lowest BCUT2D eigenvalue weighted by atomic mass is 10.1. The maximum atomic E-state index is 13.3. The molecule has 1 amide bonds. The van der Waals surface area contributed by atoms with E-state index in [0.717, 1.165) is 36.6 Å². The van der Waals surface area contributed by atoms with Crippen molar-refractivity contribution < 1.29 is 14.3 Å². The van der Waals surface area contributed by atoms with Gasteiger partial charge in [0.25, 0.3) is 11.5 Å². The number of pyridine rings is 1. The highest BCUT2D eigenvalue weighted by Gasteiger charge is 2.25. The van der Waals surface area contributed by atoms with Crippen LogP contribution in [0, 0.1) is 13.8 Å². The number of carbonyl (C=O) groups excluding carboxylic acids is 1. The van der Waals surface area contributed by atoms with Gasteiger partial charge >= 0.3 is 0 Å². The molecule has 1 aromatic heterocycles. The average molecular weight is 476 g/mol. The molecule has 7 nitrogen and oxygen atoms in total. The van der Waals surface area contributed by atoms with Crippen LogP contribution < -0.4 is 20.3 Å². The van der Waals surface area contributed by atoms with E-state index in [2.05, 4.69) is 42.3 Å². The van der Waals surface area contributed by atoms with Crippen molar-refractivity contribution in [1.82, 2.24) is 14.8 Å². The second-order valence-corrected chi connectivity index (χ2v) is 9.08. The van der Waals surface area contributed by atoms with Crippen molar-refractivity contribution in [2.75, 3.05) is 27.3 Å². The van der Waals surface area contributed by atoms with Crippen molar-refractivity contribution in [3.63, 3.8) is 0 Å². The average Bonchev–Trinajstić information content (AvgIpc) is 3.05. The lowest BCUT2D eigenvalue weighted by molar-refractivity contribution is 0.0945. The first-order valence-electron chi connectivity index (χ1n) is 11.9. The minimum Gasteiger partial charge on any atom is -0.497 e. The molecule has 4 rings (SSSR count). The third-order valence-electron chi connectivity index (χ3n) is 6.43. The summed E-state index contributed by atoms with van der Waals surface area (Å²) in [7, 11) is 3.12. The third kappa shape index (κ3) is 5.74. The normalized spacial score (nSPS) is 13.6. The van der Waals surface area contributed by atoms with Crippen LogP contribution in [-0.4, -0.2) is 42.7 Å². The molecule has 2 heterocycles. The van der Waals surface area contributed by atoms with Crippen LogP contribution in [0.3, 0.4) is 0 Å². The number of fused-ring (bicyclic) bond motifs is 1. The highest BCUT2D eigenvalue weighted by atomic mass is 16.5. The molecular weight excluding hydrogens is 442 g/mol. The molecule has 0 atom stereocenters. The van der Waals surface area contributed by atoms with Gasteiger partial charge in [-0.3, -0.25) is 14.5 Å². The minimum absolute atomic E-state index is 0.142. The second kappa shape index (κ2) is 10.8. The number of benzene rings is 2. The minimum atomic E-state index is -0.246. The molecule has 0 bridgehead atoms. The van der Waals surface area contributed by atoms with Gasteiger partial charge in [0, 0.05) is 50.9 Å². The van der Waals surface area contributed by atoms with E-state index < -0.39 is 0 Å². The highest BCUT2D eigenvalue weighted by molar-refractivity contribution is 5.98. The first-order valence-corrected chi connectivity index (χ1v) is 11.9. The zero-order chi connectivity index (χ0) is 24.9. The largest absolute Gasteiger partial charge is 0.497 e. The van der Waals surface area contributed by atoms with Gasteiger partial charge in [0.05, 0.1) is 14.2 Å². The van der Waals surface area contributed by atoms with Gasteiger partial charge in [-0.1, -0.05) is 41.5 Å². The maximum Gasteiger partial charge on any atom is 0.257 e. The van der Waals surface area contributed by atoms with Crippen LogP contribution in [0.2, 0.25) is 0 Å².